The molecule has 5 rings (SSSR count). The summed E-state index contributed by atoms with van der Waals surface area (Å²) in [5.41, 5.74) is -0.267. The van der Waals surface area contributed by atoms with Gasteiger partial charge in [-0.05, 0) is 26.3 Å². The Balaban J connectivity index is 1.16. The van der Waals surface area contributed by atoms with Crippen LogP contribution in [0.5, 0.6) is 0 Å². The number of amides is 5. The van der Waals surface area contributed by atoms with Gasteiger partial charge in [0.05, 0.1) is 7.11 Å². The maximum atomic E-state index is 13.4. The fourth-order valence-electron chi connectivity index (χ4n) is 8.19. The molecule has 17 N–H and O–H groups in total. The lowest BCUT2D eigenvalue weighted by atomic mass is 9.92. The second kappa shape index (κ2) is 25.0. The van der Waals surface area contributed by atoms with Crippen molar-refractivity contribution >= 4 is 35.7 Å². The highest BCUT2D eigenvalue weighted by Crippen LogP contribution is 2.27. The third-order valence-electron chi connectivity index (χ3n) is 12.2. The number of alkyl carbamates (subject to hydrolysis) is 1. The summed E-state index contributed by atoms with van der Waals surface area (Å²) in [6.07, 6.45) is -39.4. The van der Waals surface area contributed by atoms with Crippen LogP contribution in [0.1, 0.15) is 26.3 Å². The summed E-state index contributed by atoms with van der Waals surface area (Å²) in [4.78, 5) is 77.9. The first-order valence-electron chi connectivity index (χ1n) is 22.8. The molecule has 0 saturated carbocycles. The van der Waals surface area contributed by atoms with Crippen LogP contribution in [0.25, 0.3) is 0 Å². The molecular formula is C43H65N5O24. The van der Waals surface area contributed by atoms with Crippen LogP contribution in [-0.4, -0.2) is 264 Å². The van der Waals surface area contributed by atoms with Gasteiger partial charge in [-0.2, -0.15) is 0 Å². The molecule has 1 aromatic carbocycles. The zero-order chi connectivity index (χ0) is 53.5. The van der Waals surface area contributed by atoms with Crippen LogP contribution in [-0.2, 0) is 58.8 Å². The van der Waals surface area contributed by atoms with Crippen molar-refractivity contribution in [3.8, 4) is 0 Å². The maximum absolute atomic E-state index is 13.4. The van der Waals surface area contributed by atoms with E-state index in [1.807, 2.05) is 0 Å². The molecule has 4 aliphatic rings. The van der Waals surface area contributed by atoms with E-state index in [9.17, 15) is 90.0 Å². The van der Waals surface area contributed by atoms with Crippen molar-refractivity contribution in [3.63, 3.8) is 0 Å². The molecule has 0 radical (unpaired) electrons. The van der Waals surface area contributed by atoms with Gasteiger partial charge in [-0.1, -0.05) is 30.3 Å². The van der Waals surface area contributed by atoms with Gasteiger partial charge in [0.15, 0.2) is 24.4 Å². The highest BCUT2D eigenvalue weighted by Gasteiger charge is 2.52. The van der Waals surface area contributed by atoms with E-state index < -0.39 is 196 Å². The summed E-state index contributed by atoms with van der Waals surface area (Å²) in [6.45, 7) is 2.05. The van der Waals surface area contributed by atoms with E-state index in [4.69, 9.17) is 28.4 Å². The molecule has 4 saturated heterocycles. The maximum Gasteiger partial charge on any atom is 0.407 e. The Kier molecular flexibility index (Phi) is 20.1. The standard InChI is InChI=1S/C43H65N5O24/c1-43(2,3)72-42(66)47-14-20-24(52)27(55)31(59)35(70-20)39(63)45-12-18-22(50)25(53)29(57)33(68-18)37(61)44-11-17-21(49)26(54)30(58)34(69-17)38(62)46-13-19-23(51)28(56)32(60)36(71-19)40(64)48-16(41(65)67-4)10-15-8-6-5-7-9-15/h5-9,16-36,49-60H,10-14H2,1-4H3,(H,44,61)(H,45,63)(H,46,62)(H,47,66)(H,48,64)/t16?,17-,18-,19-,20-,21-,22-,23-,24-,25+,26+,27+,28+,29-,30-,31-,32-,33-,34-,35-,36-/m1/s1. The lowest BCUT2D eigenvalue weighted by Gasteiger charge is -2.42. The van der Waals surface area contributed by atoms with Crippen LogP contribution in [0.4, 0.5) is 4.79 Å². The molecule has 29 heteroatoms. The second-order valence-corrected chi connectivity index (χ2v) is 18.7. The summed E-state index contributed by atoms with van der Waals surface area (Å²) >= 11 is 0. The first-order chi connectivity index (χ1) is 33.8. The SMILES string of the molecule is COC(=O)C(Cc1ccccc1)NC(=O)[C@@H]1O[C@H](CNC(=O)[C@@H]2O[C@H](CNC(=O)[C@@H]3O[C@H](CNC(=O)[C@@H]4O[C@H](CNC(=O)OC(C)(C)C)[C@@H](O)[C@H](O)[C@H]4O)[C@@H](O)[C@H](O)[C@H]3O)[C@@H](O)[C@H](O)[C@H]2O)[C@@H](O)[C@H](O)[C@H]1O. The topological polar surface area (TPSA) is 461 Å². The first-order valence-corrected chi connectivity index (χ1v) is 22.8. The van der Waals surface area contributed by atoms with Crippen molar-refractivity contribution in [1.82, 2.24) is 26.6 Å². The Labute approximate surface area is 410 Å². The van der Waals surface area contributed by atoms with Gasteiger partial charge < -0.3 is 116 Å². The lowest BCUT2D eigenvalue weighted by Crippen LogP contribution is -2.67. The highest BCUT2D eigenvalue weighted by atomic mass is 16.6. The smallest absolute Gasteiger partial charge is 0.407 e. The number of nitrogens with one attached hydrogen (secondary N) is 5. The number of aliphatic hydroxyl groups is 12. The third kappa shape index (κ3) is 14.1. The number of carbonyl (C=O) groups is 6. The minimum atomic E-state index is -2.13. The predicted molar refractivity (Wildman–Crippen MR) is 234 cm³/mol. The molecule has 21 atom stereocenters. The van der Waals surface area contributed by atoms with Gasteiger partial charge in [0.25, 0.3) is 23.6 Å². The number of rotatable bonds is 16. The van der Waals surface area contributed by atoms with E-state index in [1.165, 1.54) is 0 Å². The fraction of sp³-hybridized carbons (Fsp3) is 0.721. The van der Waals surface area contributed by atoms with Crippen molar-refractivity contribution in [2.75, 3.05) is 33.3 Å². The number of carbonyl (C=O) groups excluding carboxylic acids is 6. The van der Waals surface area contributed by atoms with Crippen molar-refractivity contribution in [3.05, 3.63) is 35.9 Å². The predicted octanol–water partition coefficient (Wildman–Crippen LogP) is -9.84. The van der Waals surface area contributed by atoms with Gasteiger partial charge in [0.2, 0.25) is 0 Å². The first kappa shape index (κ1) is 58.1. The number of ether oxygens (including phenoxy) is 6. The van der Waals surface area contributed by atoms with Crippen LogP contribution in [0, 0.1) is 0 Å². The van der Waals surface area contributed by atoms with E-state index in [0.29, 0.717) is 5.56 Å². The molecule has 4 fully saturated rings. The largest absolute Gasteiger partial charge is 0.467 e. The van der Waals surface area contributed by atoms with Gasteiger partial charge in [0, 0.05) is 32.6 Å². The Hall–Kier alpha value is -4.80. The van der Waals surface area contributed by atoms with Crippen LogP contribution >= 0.6 is 0 Å². The van der Waals surface area contributed by atoms with E-state index >= 15 is 0 Å². The zero-order valence-corrected chi connectivity index (χ0v) is 39.3. The number of esters is 1. The quantitative estimate of drug-likeness (QED) is 0.0684. The number of aliphatic hydroxyl groups excluding tert-OH is 12. The zero-order valence-electron chi connectivity index (χ0n) is 39.3. The average Bonchev–Trinajstić information content (AvgIpc) is 3.33. The van der Waals surface area contributed by atoms with E-state index in [1.54, 1.807) is 51.1 Å². The fourth-order valence-corrected chi connectivity index (χ4v) is 8.19. The summed E-state index contributed by atoms with van der Waals surface area (Å²) in [5, 5.41) is 139. The number of methoxy groups -OCH3 is 1. The molecule has 1 unspecified atom stereocenters. The number of benzene rings is 1. The number of hydrogen-bond acceptors (Lipinski definition) is 24. The summed E-state index contributed by atoms with van der Waals surface area (Å²) in [5.74, 6) is -5.54. The summed E-state index contributed by atoms with van der Waals surface area (Å²) < 4.78 is 32.0. The lowest BCUT2D eigenvalue weighted by molar-refractivity contribution is -0.227. The Morgan fingerprint density at radius 1 is 0.486 bits per heavy atom. The molecular weight excluding hydrogens is 970 g/mol. The molecule has 1 aromatic rings. The van der Waals surface area contributed by atoms with Crippen LogP contribution in [0.3, 0.4) is 0 Å². The summed E-state index contributed by atoms with van der Waals surface area (Å²) in [6, 6.07) is 7.19. The van der Waals surface area contributed by atoms with Crippen LogP contribution < -0.4 is 26.6 Å². The second-order valence-electron chi connectivity index (χ2n) is 18.7. The van der Waals surface area contributed by atoms with E-state index in [0.717, 1.165) is 7.11 Å². The Morgan fingerprint density at radius 2 is 0.806 bits per heavy atom. The van der Waals surface area contributed by atoms with E-state index in [2.05, 4.69) is 26.6 Å². The number of hydrogen-bond donors (Lipinski definition) is 17. The molecule has 29 nitrogen and oxygen atoms in total. The average molecular weight is 1040 g/mol. The molecule has 4 aliphatic heterocycles. The third-order valence-corrected chi connectivity index (χ3v) is 12.2. The van der Waals surface area contributed by atoms with Crippen molar-refractivity contribution in [2.45, 2.75) is 161 Å². The monoisotopic (exact) mass is 1040 g/mol. The van der Waals surface area contributed by atoms with Crippen LogP contribution in [0.2, 0.25) is 0 Å². The molecule has 5 amide bonds. The van der Waals surface area contributed by atoms with E-state index in [-0.39, 0.29) is 6.42 Å². The van der Waals surface area contributed by atoms with Crippen molar-refractivity contribution in [1.29, 1.82) is 0 Å². The van der Waals surface area contributed by atoms with Crippen LogP contribution in [0.15, 0.2) is 30.3 Å². The van der Waals surface area contributed by atoms with Gasteiger partial charge in [0.1, 0.15) is 109 Å². The molecule has 4 heterocycles. The highest BCUT2D eigenvalue weighted by molar-refractivity contribution is 5.88. The van der Waals surface area contributed by atoms with Gasteiger partial charge in [-0.25, -0.2) is 9.59 Å². The molecule has 72 heavy (non-hydrogen) atoms. The van der Waals surface area contributed by atoms with Crippen molar-refractivity contribution in [2.24, 2.45) is 0 Å². The molecule has 0 bridgehead atoms. The minimum Gasteiger partial charge on any atom is -0.467 e. The Morgan fingerprint density at radius 3 is 1.12 bits per heavy atom. The molecule has 0 aromatic heterocycles. The molecule has 406 valence electrons. The van der Waals surface area contributed by atoms with Crippen molar-refractivity contribution < 1.29 is 118 Å². The Bertz CT molecular complexity index is 2020. The van der Waals surface area contributed by atoms with Gasteiger partial charge in [-0.15, -0.1) is 0 Å². The minimum absolute atomic E-state index is 0.0412. The van der Waals surface area contributed by atoms with Gasteiger partial charge in [-0.3, -0.25) is 19.2 Å². The normalized spacial score (nSPS) is 37.5. The molecule has 0 aliphatic carbocycles. The molecule has 0 spiro atoms. The summed E-state index contributed by atoms with van der Waals surface area (Å²) in [7, 11) is 1.08. The van der Waals surface area contributed by atoms with Gasteiger partial charge >= 0.3 is 12.1 Å².